The summed E-state index contributed by atoms with van der Waals surface area (Å²) in [5.41, 5.74) is 3.75. The van der Waals surface area contributed by atoms with Gasteiger partial charge in [0, 0.05) is 22.6 Å². The van der Waals surface area contributed by atoms with Gasteiger partial charge in [0.05, 0.1) is 17.7 Å². The molecular weight excluding hydrogens is 387 g/mol. The van der Waals surface area contributed by atoms with Gasteiger partial charge in [-0.25, -0.2) is 4.39 Å². The van der Waals surface area contributed by atoms with E-state index in [1.807, 2.05) is 18.7 Å². The van der Waals surface area contributed by atoms with Crippen molar-refractivity contribution in [2.24, 2.45) is 0 Å². The quantitative estimate of drug-likeness (QED) is 0.414. The first-order chi connectivity index (χ1) is 14.3. The largest absolute Gasteiger partial charge is 0.377 e. The molecule has 4 N–H and O–H groups in total. The van der Waals surface area contributed by atoms with E-state index in [-0.39, 0.29) is 18.4 Å². The monoisotopic (exact) mass is 414 g/mol. The van der Waals surface area contributed by atoms with Gasteiger partial charge in [-0.3, -0.25) is 14.5 Å². The third-order valence-corrected chi connectivity index (χ3v) is 5.44. The summed E-state index contributed by atoms with van der Waals surface area (Å²) in [7, 11) is 0. The number of H-pyrrole nitrogens is 1. The van der Waals surface area contributed by atoms with Gasteiger partial charge in [-0.1, -0.05) is 13.8 Å². The van der Waals surface area contributed by atoms with E-state index in [1.54, 1.807) is 19.9 Å². The highest BCUT2D eigenvalue weighted by Crippen LogP contribution is 2.34. The highest BCUT2D eigenvalue weighted by atomic mass is 19.1. The Bertz CT molecular complexity index is 1010. The average molecular weight is 414 g/mol. The minimum Gasteiger partial charge on any atom is -0.377 e. The number of nitrogens with one attached hydrogen (secondary N) is 3. The van der Waals surface area contributed by atoms with E-state index in [1.165, 1.54) is 18.2 Å². The van der Waals surface area contributed by atoms with Gasteiger partial charge >= 0.3 is 0 Å². The summed E-state index contributed by atoms with van der Waals surface area (Å²) in [6.45, 7) is 8.90. The predicted molar refractivity (Wildman–Crippen MR) is 114 cm³/mol. The summed E-state index contributed by atoms with van der Waals surface area (Å²) in [6, 6.07) is 4.13. The number of aliphatic hydroxyl groups excluding tert-OH is 1. The van der Waals surface area contributed by atoms with Gasteiger partial charge in [0.2, 0.25) is 0 Å². The van der Waals surface area contributed by atoms with Crippen LogP contribution in [0.15, 0.2) is 18.2 Å². The molecule has 1 unspecified atom stereocenters. The van der Waals surface area contributed by atoms with E-state index in [0.717, 1.165) is 0 Å². The number of halogens is 1. The summed E-state index contributed by atoms with van der Waals surface area (Å²) < 4.78 is 13.7. The van der Waals surface area contributed by atoms with E-state index in [0.29, 0.717) is 52.4 Å². The van der Waals surface area contributed by atoms with Crippen LogP contribution in [0.25, 0.3) is 11.6 Å². The van der Waals surface area contributed by atoms with Crippen molar-refractivity contribution in [1.82, 2.24) is 15.2 Å². The van der Waals surface area contributed by atoms with Crippen LogP contribution < -0.4 is 10.6 Å². The number of likely N-dealkylation sites (N-methyl/N-ethyl adjacent to an activating group) is 1. The van der Waals surface area contributed by atoms with Gasteiger partial charge in [0.15, 0.2) is 0 Å². The molecule has 0 saturated carbocycles. The van der Waals surface area contributed by atoms with Crippen LogP contribution >= 0.6 is 0 Å². The minimum absolute atomic E-state index is 0.107. The maximum atomic E-state index is 13.7. The maximum absolute atomic E-state index is 13.7. The van der Waals surface area contributed by atoms with E-state index < -0.39 is 12.0 Å². The number of rotatable bonds is 7. The van der Waals surface area contributed by atoms with Crippen LogP contribution in [-0.4, -0.2) is 52.7 Å². The number of fused-ring (bicyclic) bond motifs is 1. The fourth-order valence-corrected chi connectivity index (χ4v) is 3.75. The van der Waals surface area contributed by atoms with E-state index in [4.69, 9.17) is 0 Å². The number of aromatic nitrogens is 1. The van der Waals surface area contributed by atoms with Gasteiger partial charge in [0.1, 0.15) is 12.0 Å². The number of amides is 2. The lowest BCUT2D eigenvalue weighted by atomic mass is 10.0. The van der Waals surface area contributed by atoms with Gasteiger partial charge in [-0.05, 0) is 56.8 Å². The Labute approximate surface area is 175 Å². The highest BCUT2D eigenvalue weighted by Gasteiger charge is 2.26. The van der Waals surface area contributed by atoms with Gasteiger partial charge < -0.3 is 20.7 Å². The fourth-order valence-electron chi connectivity index (χ4n) is 3.75. The summed E-state index contributed by atoms with van der Waals surface area (Å²) in [4.78, 5) is 30.1. The molecule has 0 spiro atoms. The van der Waals surface area contributed by atoms with Crippen molar-refractivity contribution >= 4 is 29.2 Å². The molecule has 160 valence electrons. The Morgan fingerprint density at radius 2 is 2.00 bits per heavy atom. The number of anilines is 1. The van der Waals surface area contributed by atoms with Crippen LogP contribution in [0.1, 0.15) is 46.7 Å². The molecule has 0 radical (unpaired) electrons. The Morgan fingerprint density at radius 3 is 2.67 bits per heavy atom. The zero-order valence-corrected chi connectivity index (χ0v) is 17.6. The predicted octanol–water partition coefficient (Wildman–Crippen LogP) is 2.65. The summed E-state index contributed by atoms with van der Waals surface area (Å²) in [5.74, 6) is -1.06. The van der Waals surface area contributed by atoms with Crippen LogP contribution in [-0.2, 0) is 4.79 Å². The lowest BCUT2D eigenvalue weighted by Crippen LogP contribution is -2.43. The van der Waals surface area contributed by atoms with E-state index in [2.05, 4.69) is 15.6 Å². The van der Waals surface area contributed by atoms with Crippen LogP contribution in [0.2, 0.25) is 0 Å². The zero-order valence-electron chi connectivity index (χ0n) is 17.6. The molecular formula is C22H27FN4O3. The van der Waals surface area contributed by atoms with Crippen molar-refractivity contribution in [3.05, 3.63) is 52.1 Å². The Kier molecular flexibility index (Phi) is 6.38. The lowest BCUT2D eigenvalue weighted by molar-refractivity contribution is -0.110. The standard InChI is InChI=1S/C22H27FN4O3/c1-5-27(6-2)19(28)11-24-22(30)20-12(3)18(25-13(20)4)10-16-15-9-14(23)7-8-17(15)26-21(16)29/h7-10,19,25,28H,5-6,11H2,1-4H3,(H,24,30)(H,26,29). The number of benzene rings is 1. The van der Waals surface area contributed by atoms with Crippen molar-refractivity contribution < 1.29 is 19.1 Å². The average Bonchev–Trinajstić information content (AvgIpc) is 3.16. The molecule has 1 aromatic heterocycles. The van der Waals surface area contributed by atoms with Crippen LogP contribution in [0.5, 0.6) is 0 Å². The van der Waals surface area contributed by atoms with Crippen molar-refractivity contribution in [2.45, 2.75) is 33.9 Å². The number of aliphatic hydroxyl groups is 1. The van der Waals surface area contributed by atoms with Crippen molar-refractivity contribution in [2.75, 3.05) is 25.0 Å². The number of hydrogen-bond acceptors (Lipinski definition) is 4. The fraction of sp³-hybridized carbons (Fsp3) is 0.364. The van der Waals surface area contributed by atoms with Gasteiger partial charge in [0.25, 0.3) is 11.8 Å². The highest BCUT2D eigenvalue weighted by molar-refractivity contribution is 6.34. The Hall–Kier alpha value is -2.97. The van der Waals surface area contributed by atoms with Crippen LogP contribution in [0.3, 0.4) is 0 Å². The van der Waals surface area contributed by atoms with Gasteiger partial charge in [-0.15, -0.1) is 0 Å². The first-order valence-electron chi connectivity index (χ1n) is 9.99. The summed E-state index contributed by atoms with van der Waals surface area (Å²) in [6.07, 6.45) is 0.864. The second-order valence-corrected chi connectivity index (χ2v) is 7.28. The van der Waals surface area contributed by atoms with Crippen molar-refractivity contribution in [3.8, 4) is 0 Å². The number of carbonyl (C=O) groups excluding carboxylic acids is 2. The second kappa shape index (κ2) is 8.81. The molecule has 1 aromatic carbocycles. The molecule has 7 nitrogen and oxygen atoms in total. The molecule has 2 aromatic rings. The number of nitrogens with zero attached hydrogens (tertiary/aromatic N) is 1. The number of aryl methyl sites for hydroxylation is 1. The van der Waals surface area contributed by atoms with Crippen LogP contribution in [0, 0.1) is 19.7 Å². The first kappa shape index (κ1) is 21.7. The molecule has 0 saturated heterocycles. The molecule has 1 aliphatic heterocycles. The zero-order chi connectivity index (χ0) is 22.0. The Balaban J connectivity index is 1.85. The SMILES string of the molecule is CCN(CC)C(O)CNC(=O)c1c(C)[nH]c(C=C2C(=O)Nc3ccc(F)cc32)c1C. The maximum Gasteiger partial charge on any atom is 0.256 e. The molecule has 0 aliphatic carbocycles. The summed E-state index contributed by atoms with van der Waals surface area (Å²) in [5, 5.41) is 15.7. The van der Waals surface area contributed by atoms with Crippen molar-refractivity contribution in [3.63, 3.8) is 0 Å². The molecule has 1 aliphatic rings. The number of carbonyl (C=O) groups is 2. The Morgan fingerprint density at radius 1 is 1.30 bits per heavy atom. The molecule has 2 heterocycles. The molecule has 0 fully saturated rings. The first-order valence-corrected chi connectivity index (χ1v) is 9.99. The molecule has 0 bridgehead atoms. The lowest BCUT2D eigenvalue weighted by Gasteiger charge is -2.25. The normalized spacial score (nSPS) is 15.4. The van der Waals surface area contributed by atoms with Crippen LogP contribution in [0.4, 0.5) is 10.1 Å². The molecule has 3 rings (SSSR count). The molecule has 30 heavy (non-hydrogen) atoms. The smallest absolute Gasteiger partial charge is 0.256 e. The number of aromatic amines is 1. The van der Waals surface area contributed by atoms with Gasteiger partial charge in [-0.2, -0.15) is 0 Å². The third kappa shape index (κ3) is 4.15. The second-order valence-electron chi connectivity index (χ2n) is 7.28. The van der Waals surface area contributed by atoms with E-state index in [9.17, 15) is 19.1 Å². The van der Waals surface area contributed by atoms with E-state index >= 15 is 0 Å². The molecule has 1 atom stereocenters. The summed E-state index contributed by atoms with van der Waals surface area (Å²) >= 11 is 0. The third-order valence-electron chi connectivity index (χ3n) is 5.44. The van der Waals surface area contributed by atoms with Crippen molar-refractivity contribution in [1.29, 1.82) is 0 Å². The number of hydrogen-bond donors (Lipinski definition) is 4. The minimum atomic E-state index is -0.765. The molecule has 8 heteroatoms. The topological polar surface area (TPSA) is 97.5 Å². The molecule has 2 amide bonds.